The summed E-state index contributed by atoms with van der Waals surface area (Å²) in [5, 5.41) is 12.0. The minimum absolute atomic E-state index is 0.394. The molecule has 0 aliphatic carbocycles. The highest BCUT2D eigenvalue weighted by Crippen LogP contribution is 2.24. The van der Waals surface area contributed by atoms with E-state index in [1.54, 1.807) is 19.4 Å². The molecule has 0 aliphatic heterocycles. The smallest absolute Gasteiger partial charge is 0.142 e. The van der Waals surface area contributed by atoms with E-state index in [2.05, 4.69) is 10.3 Å². The van der Waals surface area contributed by atoms with Gasteiger partial charge in [0, 0.05) is 17.6 Å². The van der Waals surface area contributed by atoms with Crippen LogP contribution in [0.3, 0.4) is 0 Å². The number of ether oxygens (including phenoxy) is 1. The summed E-state index contributed by atoms with van der Waals surface area (Å²) in [5.41, 5.74) is 3.23. The topological polar surface area (TPSA) is 57.9 Å². The van der Waals surface area contributed by atoms with Crippen LogP contribution in [0.4, 0.5) is 11.4 Å². The second-order valence-electron chi connectivity index (χ2n) is 3.85. The normalized spacial score (nSPS) is 9.61. The third-order valence-corrected chi connectivity index (χ3v) is 2.56. The van der Waals surface area contributed by atoms with Gasteiger partial charge in [0.1, 0.15) is 17.5 Å². The quantitative estimate of drug-likeness (QED) is 0.894. The highest BCUT2D eigenvalue weighted by molar-refractivity contribution is 5.62. The fourth-order valence-corrected chi connectivity index (χ4v) is 1.69. The molecular weight excluding hydrogens is 226 g/mol. The predicted octanol–water partition coefficient (Wildman–Crippen LogP) is 3.01. The number of rotatable bonds is 3. The van der Waals surface area contributed by atoms with Crippen LogP contribution >= 0.6 is 0 Å². The number of aromatic nitrogens is 1. The molecule has 2 rings (SSSR count). The first-order valence-corrected chi connectivity index (χ1v) is 5.51. The lowest BCUT2D eigenvalue weighted by molar-refractivity contribution is 0.412. The second kappa shape index (κ2) is 5.19. The maximum absolute atomic E-state index is 8.78. The van der Waals surface area contributed by atoms with Crippen LogP contribution in [-0.4, -0.2) is 12.1 Å². The molecule has 1 aromatic carbocycles. The Morgan fingerprint density at radius 1 is 1.22 bits per heavy atom. The minimum atomic E-state index is 0.394. The van der Waals surface area contributed by atoms with Crippen molar-refractivity contribution in [3.8, 4) is 11.8 Å². The zero-order valence-electron chi connectivity index (χ0n) is 10.3. The Labute approximate surface area is 106 Å². The Morgan fingerprint density at radius 3 is 2.67 bits per heavy atom. The predicted molar refractivity (Wildman–Crippen MR) is 70.0 cm³/mol. The van der Waals surface area contributed by atoms with Gasteiger partial charge in [-0.3, -0.25) is 0 Å². The van der Waals surface area contributed by atoms with Crippen LogP contribution in [0.15, 0.2) is 36.5 Å². The minimum Gasteiger partial charge on any atom is -0.496 e. The Morgan fingerprint density at radius 2 is 2.00 bits per heavy atom. The van der Waals surface area contributed by atoms with E-state index in [9.17, 15) is 0 Å². The first-order valence-electron chi connectivity index (χ1n) is 5.51. The summed E-state index contributed by atoms with van der Waals surface area (Å²) in [4.78, 5) is 3.92. The SMILES string of the molecule is COc1ccc(Nc2ccnc(C#N)c2)cc1C. The molecule has 2 aromatic rings. The summed E-state index contributed by atoms with van der Waals surface area (Å²) >= 11 is 0. The number of methoxy groups -OCH3 is 1. The molecule has 0 radical (unpaired) electrons. The lowest BCUT2D eigenvalue weighted by Gasteiger charge is -2.09. The van der Waals surface area contributed by atoms with E-state index in [0.717, 1.165) is 22.7 Å². The first kappa shape index (κ1) is 11.9. The van der Waals surface area contributed by atoms with Gasteiger partial charge in [0.25, 0.3) is 0 Å². The summed E-state index contributed by atoms with van der Waals surface area (Å²) in [6.07, 6.45) is 1.61. The molecule has 0 fully saturated rings. The molecule has 1 aromatic heterocycles. The molecule has 0 saturated heterocycles. The lowest BCUT2D eigenvalue weighted by atomic mass is 10.2. The average Bonchev–Trinajstić information content (AvgIpc) is 2.39. The molecule has 0 unspecified atom stereocenters. The second-order valence-corrected chi connectivity index (χ2v) is 3.85. The number of hydrogen-bond acceptors (Lipinski definition) is 4. The Hall–Kier alpha value is -2.54. The van der Waals surface area contributed by atoms with Crippen LogP contribution < -0.4 is 10.1 Å². The van der Waals surface area contributed by atoms with Crippen LogP contribution in [0.5, 0.6) is 5.75 Å². The van der Waals surface area contributed by atoms with Crippen molar-refractivity contribution >= 4 is 11.4 Å². The van der Waals surface area contributed by atoms with Gasteiger partial charge in [-0.15, -0.1) is 0 Å². The van der Waals surface area contributed by atoms with Crippen LogP contribution in [0.2, 0.25) is 0 Å². The van der Waals surface area contributed by atoms with Crippen molar-refractivity contribution in [2.24, 2.45) is 0 Å². The molecule has 0 aliphatic rings. The molecule has 4 nitrogen and oxygen atoms in total. The maximum atomic E-state index is 8.78. The van der Waals surface area contributed by atoms with Crippen LogP contribution in [0.1, 0.15) is 11.3 Å². The number of hydrogen-bond donors (Lipinski definition) is 1. The van der Waals surface area contributed by atoms with Gasteiger partial charge < -0.3 is 10.1 Å². The van der Waals surface area contributed by atoms with Gasteiger partial charge in [-0.1, -0.05) is 0 Å². The van der Waals surface area contributed by atoms with Crippen molar-refractivity contribution < 1.29 is 4.74 Å². The van der Waals surface area contributed by atoms with Crippen molar-refractivity contribution in [3.05, 3.63) is 47.8 Å². The fourth-order valence-electron chi connectivity index (χ4n) is 1.69. The molecule has 4 heteroatoms. The van der Waals surface area contributed by atoms with E-state index >= 15 is 0 Å². The van der Waals surface area contributed by atoms with Gasteiger partial charge in [-0.05, 0) is 42.8 Å². The fraction of sp³-hybridized carbons (Fsp3) is 0.143. The zero-order chi connectivity index (χ0) is 13.0. The molecular formula is C14H13N3O. The molecule has 0 spiro atoms. The van der Waals surface area contributed by atoms with Crippen LogP contribution in [-0.2, 0) is 0 Å². The Kier molecular flexibility index (Phi) is 3.44. The lowest BCUT2D eigenvalue weighted by Crippen LogP contribution is -1.94. The number of anilines is 2. The largest absolute Gasteiger partial charge is 0.496 e. The number of pyridine rings is 1. The van der Waals surface area contributed by atoms with Crippen molar-refractivity contribution in [1.29, 1.82) is 5.26 Å². The van der Waals surface area contributed by atoms with E-state index < -0.39 is 0 Å². The molecule has 1 N–H and O–H groups in total. The number of nitrogens with zero attached hydrogens (tertiary/aromatic N) is 2. The summed E-state index contributed by atoms with van der Waals surface area (Å²) in [6, 6.07) is 11.4. The average molecular weight is 239 g/mol. The molecule has 0 amide bonds. The standard InChI is InChI=1S/C14H13N3O/c1-10-7-11(3-4-14(10)18-2)17-12-5-6-16-13(8-12)9-15/h3-8H,1-2H3,(H,16,17). The number of nitriles is 1. The summed E-state index contributed by atoms with van der Waals surface area (Å²) in [7, 11) is 1.65. The zero-order valence-corrected chi connectivity index (χ0v) is 10.3. The number of benzene rings is 1. The molecule has 18 heavy (non-hydrogen) atoms. The van der Waals surface area contributed by atoms with E-state index in [-0.39, 0.29) is 0 Å². The monoisotopic (exact) mass is 239 g/mol. The van der Waals surface area contributed by atoms with Crippen molar-refractivity contribution in [3.63, 3.8) is 0 Å². The third-order valence-electron chi connectivity index (χ3n) is 2.56. The third kappa shape index (κ3) is 2.58. The van der Waals surface area contributed by atoms with Crippen LogP contribution in [0.25, 0.3) is 0 Å². The van der Waals surface area contributed by atoms with Gasteiger partial charge in [0.15, 0.2) is 0 Å². The highest BCUT2D eigenvalue weighted by Gasteiger charge is 2.01. The summed E-state index contributed by atoms with van der Waals surface area (Å²) in [5.74, 6) is 0.855. The van der Waals surface area contributed by atoms with Gasteiger partial charge in [-0.2, -0.15) is 5.26 Å². The van der Waals surface area contributed by atoms with Gasteiger partial charge in [0.2, 0.25) is 0 Å². The Balaban J connectivity index is 2.23. The molecule has 90 valence electrons. The molecule has 0 bridgehead atoms. The van der Waals surface area contributed by atoms with Crippen molar-refractivity contribution in [2.45, 2.75) is 6.92 Å². The summed E-state index contributed by atoms with van der Waals surface area (Å²) < 4.78 is 5.21. The van der Waals surface area contributed by atoms with Crippen molar-refractivity contribution in [2.75, 3.05) is 12.4 Å². The van der Waals surface area contributed by atoms with E-state index in [4.69, 9.17) is 10.00 Å². The van der Waals surface area contributed by atoms with Gasteiger partial charge >= 0.3 is 0 Å². The maximum Gasteiger partial charge on any atom is 0.142 e. The van der Waals surface area contributed by atoms with Gasteiger partial charge in [0.05, 0.1) is 7.11 Å². The van der Waals surface area contributed by atoms with Crippen LogP contribution in [0, 0.1) is 18.3 Å². The van der Waals surface area contributed by atoms with E-state index in [1.807, 2.05) is 37.3 Å². The molecule has 1 heterocycles. The molecule has 0 atom stereocenters. The highest BCUT2D eigenvalue weighted by atomic mass is 16.5. The van der Waals surface area contributed by atoms with Gasteiger partial charge in [-0.25, -0.2) is 4.98 Å². The first-order chi connectivity index (χ1) is 8.72. The number of nitrogens with one attached hydrogen (secondary N) is 1. The number of aryl methyl sites for hydroxylation is 1. The molecule has 0 saturated carbocycles. The van der Waals surface area contributed by atoms with E-state index in [1.165, 1.54) is 0 Å². The van der Waals surface area contributed by atoms with E-state index in [0.29, 0.717) is 5.69 Å². The van der Waals surface area contributed by atoms with Crippen molar-refractivity contribution in [1.82, 2.24) is 4.98 Å². The Bertz CT molecular complexity index is 602. The summed E-state index contributed by atoms with van der Waals surface area (Å²) in [6.45, 7) is 1.98.